The standard InChI is InChI=1S/C14H15N3O4/c1-9-11(8-14(18)21-3)10(2)16(15-9)12-6-4-5-7-13(12)17(19)20/h4-7H,8H2,1-3H3. The Morgan fingerprint density at radius 3 is 2.67 bits per heavy atom. The molecule has 2 aromatic rings. The minimum Gasteiger partial charge on any atom is -0.469 e. The Morgan fingerprint density at radius 2 is 2.05 bits per heavy atom. The van der Waals surface area contributed by atoms with E-state index >= 15 is 0 Å². The number of methoxy groups -OCH3 is 1. The van der Waals surface area contributed by atoms with Gasteiger partial charge < -0.3 is 4.74 Å². The van der Waals surface area contributed by atoms with Crippen molar-refractivity contribution < 1.29 is 14.5 Å². The van der Waals surface area contributed by atoms with Gasteiger partial charge in [-0.25, -0.2) is 4.68 Å². The van der Waals surface area contributed by atoms with Gasteiger partial charge in [0.25, 0.3) is 5.69 Å². The van der Waals surface area contributed by atoms with Gasteiger partial charge in [-0.15, -0.1) is 0 Å². The summed E-state index contributed by atoms with van der Waals surface area (Å²) in [4.78, 5) is 22.1. The van der Waals surface area contributed by atoms with Crippen LogP contribution < -0.4 is 0 Å². The molecular weight excluding hydrogens is 274 g/mol. The molecule has 0 fully saturated rings. The molecule has 0 aliphatic carbocycles. The summed E-state index contributed by atoms with van der Waals surface area (Å²) in [6.45, 7) is 3.53. The molecule has 7 nitrogen and oxygen atoms in total. The maximum Gasteiger partial charge on any atom is 0.310 e. The number of esters is 1. The van der Waals surface area contributed by atoms with Crippen molar-refractivity contribution >= 4 is 11.7 Å². The van der Waals surface area contributed by atoms with Crippen molar-refractivity contribution in [3.05, 3.63) is 51.3 Å². The van der Waals surface area contributed by atoms with Crippen molar-refractivity contribution in [2.45, 2.75) is 20.3 Å². The van der Waals surface area contributed by atoms with E-state index in [0.29, 0.717) is 17.1 Å². The molecular formula is C14H15N3O4. The Balaban J connectivity index is 2.54. The number of nitro benzene ring substituents is 1. The highest BCUT2D eigenvalue weighted by Gasteiger charge is 2.21. The molecule has 0 bridgehead atoms. The monoisotopic (exact) mass is 289 g/mol. The third-order valence-electron chi connectivity index (χ3n) is 3.30. The second-order valence-corrected chi connectivity index (χ2v) is 4.56. The van der Waals surface area contributed by atoms with Gasteiger partial charge in [-0.2, -0.15) is 5.10 Å². The first-order valence-corrected chi connectivity index (χ1v) is 6.31. The van der Waals surface area contributed by atoms with Crippen LogP contribution in [0.5, 0.6) is 0 Å². The van der Waals surface area contributed by atoms with E-state index in [1.807, 2.05) is 0 Å². The SMILES string of the molecule is COC(=O)Cc1c(C)nn(-c2ccccc2[N+](=O)[O-])c1C. The first-order chi connectivity index (χ1) is 9.95. The number of aryl methyl sites for hydroxylation is 1. The van der Waals surface area contributed by atoms with Crippen LogP contribution in [-0.4, -0.2) is 27.8 Å². The summed E-state index contributed by atoms with van der Waals surface area (Å²) in [6.07, 6.45) is 0.0921. The van der Waals surface area contributed by atoms with Crippen molar-refractivity contribution in [2.24, 2.45) is 0 Å². The molecule has 1 aromatic heterocycles. The number of nitro groups is 1. The van der Waals surface area contributed by atoms with Crippen molar-refractivity contribution in [3.63, 3.8) is 0 Å². The third-order valence-corrected chi connectivity index (χ3v) is 3.30. The van der Waals surface area contributed by atoms with Crippen molar-refractivity contribution in [2.75, 3.05) is 7.11 Å². The van der Waals surface area contributed by atoms with Crippen LogP contribution in [0.2, 0.25) is 0 Å². The van der Waals surface area contributed by atoms with Crippen molar-refractivity contribution in [3.8, 4) is 5.69 Å². The Bertz CT molecular complexity index is 706. The number of carbonyl (C=O) groups is 1. The highest BCUT2D eigenvalue weighted by atomic mass is 16.6. The smallest absolute Gasteiger partial charge is 0.310 e. The van der Waals surface area contributed by atoms with Crippen LogP contribution in [-0.2, 0) is 16.0 Å². The minimum atomic E-state index is -0.453. The first kappa shape index (κ1) is 14.7. The zero-order chi connectivity index (χ0) is 15.6. The molecule has 0 amide bonds. The largest absolute Gasteiger partial charge is 0.469 e. The fourth-order valence-electron chi connectivity index (χ4n) is 2.18. The van der Waals surface area contributed by atoms with Crippen LogP contribution in [0.4, 0.5) is 5.69 Å². The highest BCUT2D eigenvalue weighted by molar-refractivity contribution is 5.73. The molecule has 2 rings (SSSR count). The van der Waals surface area contributed by atoms with Crippen LogP contribution in [0, 0.1) is 24.0 Å². The summed E-state index contributed by atoms with van der Waals surface area (Å²) in [5.41, 5.74) is 2.40. The predicted molar refractivity (Wildman–Crippen MR) is 75.4 cm³/mol. The van der Waals surface area contributed by atoms with Gasteiger partial charge in [-0.3, -0.25) is 14.9 Å². The van der Waals surface area contributed by atoms with E-state index in [9.17, 15) is 14.9 Å². The summed E-state index contributed by atoms with van der Waals surface area (Å²) in [5, 5.41) is 15.4. The van der Waals surface area contributed by atoms with Crippen LogP contribution in [0.3, 0.4) is 0 Å². The van der Waals surface area contributed by atoms with E-state index in [1.54, 1.807) is 32.0 Å². The van der Waals surface area contributed by atoms with E-state index in [2.05, 4.69) is 9.84 Å². The molecule has 0 aliphatic rings. The minimum absolute atomic E-state index is 0.0345. The number of rotatable bonds is 4. The Kier molecular flexibility index (Phi) is 4.02. The van der Waals surface area contributed by atoms with Gasteiger partial charge in [0.2, 0.25) is 0 Å². The van der Waals surface area contributed by atoms with Gasteiger partial charge in [-0.1, -0.05) is 12.1 Å². The van der Waals surface area contributed by atoms with E-state index in [-0.39, 0.29) is 18.1 Å². The van der Waals surface area contributed by atoms with Crippen molar-refractivity contribution in [1.29, 1.82) is 0 Å². The van der Waals surface area contributed by atoms with E-state index < -0.39 is 4.92 Å². The molecule has 0 saturated carbocycles. The fraction of sp³-hybridized carbons (Fsp3) is 0.286. The van der Waals surface area contributed by atoms with E-state index in [1.165, 1.54) is 17.9 Å². The number of benzene rings is 1. The quantitative estimate of drug-likeness (QED) is 0.488. The van der Waals surface area contributed by atoms with Gasteiger partial charge in [0.15, 0.2) is 0 Å². The lowest BCUT2D eigenvalue weighted by atomic mass is 10.1. The predicted octanol–water partition coefficient (Wildman–Crippen LogP) is 2.11. The lowest BCUT2D eigenvalue weighted by molar-refractivity contribution is -0.384. The van der Waals surface area contributed by atoms with Gasteiger partial charge in [0.1, 0.15) is 5.69 Å². The van der Waals surface area contributed by atoms with Crippen LogP contribution in [0.25, 0.3) is 5.69 Å². The molecule has 0 saturated heterocycles. The first-order valence-electron chi connectivity index (χ1n) is 6.31. The van der Waals surface area contributed by atoms with E-state index in [4.69, 9.17) is 0 Å². The highest BCUT2D eigenvalue weighted by Crippen LogP contribution is 2.25. The van der Waals surface area contributed by atoms with E-state index in [0.717, 1.165) is 5.56 Å². The molecule has 1 heterocycles. The molecule has 110 valence electrons. The van der Waals surface area contributed by atoms with Crippen molar-refractivity contribution in [1.82, 2.24) is 9.78 Å². The van der Waals surface area contributed by atoms with Crippen LogP contribution >= 0.6 is 0 Å². The second-order valence-electron chi connectivity index (χ2n) is 4.56. The average molecular weight is 289 g/mol. The molecule has 0 spiro atoms. The fourth-order valence-corrected chi connectivity index (χ4v) is 2.18. The molecule has 0 atom stereocenters. The third kappa shape index (κ3) is 2.76. The number of nitrogens with zero attached hydrogens (tertiary/aromatic N) is 3. The number of hydrogen-bond donors (Lipinski definition) is 0. The zero-order valence-corrected chi connectivity index (χ0v) is 12.0. The normalized spacial score (nSPS) is 10.4. The number of aromatic nitrogens is 2. The average Bonchev–Trinajstić information content (AvgIpc) is 2.75. The molecule has 0 aliphatic heterocycles. The van der Waals surface area contributed by atoms with Gasteiger partial charge in [-0.05, 0) is 19.9 Å². The second kappa shape index (κ2) is 5.74. The molecule has 21 heavy (non-hydrogen) atoms. The molecule has 1 aromatic carbocycles. The maximum absolute atomic E-state index is 11.4. The number of hydrogen-bond acceptors (Lipinski definition) is 5. The Labute approximate surface area is 121 Å². The molecule has 7 heteroatoms. The van der Waals surface area contributed by atoms with Gasteiger partial charge in [0.05, 0.1) is 24.1 Å². The zero-order valence-electron chi connectivity index (χ0n) is 12.0. The maximum atomic E-state index is 11.4. The number of carbonyl (C=O) groups excluding carboxylic acids is 1. The van der Waals surface area contributed by atoms with Crippen LogP contribution in [0.15, 0.2) is 24.3 Å². The summed E-state index contributed by atoms with van der Waals surface area (Å²) in [5.74, 6) is -0.372. The lowest BCUT2D eigenvalue weighted by Gasteiger charge is -2.06. The molecule has 0 unspecified atom stereocenters. The molecule has 0 radical (unpaired) electrons. The summed E-state index contributed by atoms with van der Waals surface area (Å²) < 4.78 is 6.15. The Morgan fingerprint density at radius 1 is 1.38 bits per heavy atom. The number of para-hydroxylation sites is 2. The topological polar surface area (TPSA) is 87.3 Å². The van der Waals surface area contributed by atoms with Gasteiger partial charge >= 0.3 is 5.97 Å². The lowest BCUT2D eigenvalue weighted by Crippen LogP contribution is -2.07. The summed E-state index contributed by atoms with van der Waals surface area (Å²) >= 11 is 0. The Hall–Kier alpha value is -2.70. The summed E-state index contributed by atoms with van der Waals surface area (Å²) in [7, 11) is 1.32. The summed E-state index contributed by atoms with van der Waals surface area (Å²) in [6, 6.07) is 6.35. The van der Waals surface area contributed by atoms with Gasteiger partial charge in [0, 0.05) is 17.3 Å². The molecule has 0 N–H and O–H groups in total. The van der Waals surface area contributed by atoms with Crippen LogP contribution in [0.1, 0.15) is 17.0 Å². The number of ether oxygens (including phenoxy) is 1.